The summed E-state index contributed by atoms with van der Waals surface area (Å²) in [5.74, 6) is 0.984. The van der Waals surface area contributed by atoms with Gasteiger partial charge >= 0.3 is 6.29 Å². The Kier molecular flexibility index (Phi) is 8.22. The molecule has 2 unspecified atom stereocenters. The van der Waals surface area contributed by atoms with Crippen LogP contribution in [0.4, 0.5) is 8.78 Å². The van der Waals surface area contributed by atoms with Crippen molar-refractivity contribution in [2.24, 2.45) is 5.73 Å². The molecule has 11 heteroatoms. The summed E-state index contributed by atoms with van der Waals surface area (Å²) in [6.45, 7) is 3.87. The van der Waals surface area contributed by atoms with Gasteiger partial charge in [0.1, 0.15) is 5.82 Å². The molecule has 6 rings (SSSR count). The fraction of sp³-hybridized carbons (Fsp3) is 0.364. The van der Waals surface area contributed by atoms with Crippen LogP contribution in [-0.4, -0.2) is 58.2 Å². The smallest absolute Gasteiger partial charge is 0.395 e. The molecule has 44 heavy (non-hydrogen) atoms. The van der Waals surface area contributed by atoms with Crippen molar-refractivity contribution in [1.82, 2.24) is 19.8 Å². The van der Waals surface area contributed by atoms with Crippen LogP contribution in [0.5, 0.6) is 11.5 Å². The number of carbonyl (C=O) groups excluding carboxylic acids is 2. The average molecular weight is 604 g/mol. The largest absolute Gasteiger partial charge is 0.586 e. The van der Waals surface area contributed by atoms with E-state index in [4.69, 9.17) is 10.7 Å². The zero-order valence-corrected chi connectivity index (χ0v) is 24.5. The van der Waals surface area contributed by atoms with E-state index in [9.17, 15) is 18.4 Å². The van der Waals surface area contributed by atoms with Crippen LogP contribution >= 0.6 is 0 Å². The van der Waals surface area contributed by atoms with Crippen LogP contribution in [0, 0.1) is 0 Å². The molecule has 2 aliphatic rings. The summed E-state index contributed by atoms with van der Waals surface area (Å²) < 4.78 is 38.0. The number of nitrogens with two attached hydrogens (primary N) is 1. The van der Waals surface area contributed by atoms with Crippen molar-refractivity contribution in [1.29, 1.82) is 0 Å². The predicted molar refractivity (Wildman–Crippen MR) is 161 cm³/mol. The fourth-order valence-corrected chi connectivity index (χ4v) is 6.09. The number of fused-ring (bicyclic) bond motifs is 2. The number of piperidine rings is 1. The van der Waals surface area contributed by atoms with Crippen molar-refractivity contribution < 1.29 is 27.8 Å². The highest BCUT2D eigenvalue weighted by atomic mass is 19.3. The third-order valence-corrected chi connectivity index (χ3v) is 8.16. The predicted octanol–water partition coefficient (Wildman–Crippen LogP) is 4.83. The quantitative estimate of drug-likeness (QED) is 0.284. The van der Waals surface area contributed by atoms with Crippen molar-refractivity contribution >= 4 is 22.8 Å². The van der Waals surface area contributed by atoms with Crippen LogP contribution in [0.15, 0.2) is 66.7 Å². The van der Waals surface area contributed by atoms with Crippen LogP contribution in [0.3, 0.4) is 0 Å². The summed E-state index contributed by atoms with van der Waals surface area (Å²) in [4.78, 5) is 31.6. The number of benzene rings is 3. The second-order valence-corrected chi connectivity index (χ2v) is 11.5. The normalized spacial score (nSPS) is 17.9. The molecule has 0 spiro atoms. The zero-order valence-electron chi connectivity index (χ0n) is 24.5. The Morgan fingerprint density at radius 3 is 2.61 bits per heavy atom. The van der Waals surface area contributed by atoms with E-state index < -0.39 is 6.29 Å². The van der Waals surface area contributed by atoms with E-state index >= 15 is 0 Å². The molecule has 9 nitrogen and oxygen atoms in total. The first-order valence-electron chi connectivity index (χ1n) is 14.9. The number of aromatic nitrogens is 2. The van der Waals surface area contributed by atoms with Gasteiger partial charge in [-0.2, -0.15) is 0 Å². The lowest BCUT2D eigenvalue weighted by atomic mass is 9.95. The minimum atomic E-state index is -3.65. The molecule has 0 aliphatic carbocycles. The highest BCUT2D eigenvalue weighted by Gasteiger charge is 2.43. The topological polar surface area (TPSA) is 112 Å². The number of alkyl halides is 2. The molecule has 1 aromatic heterocycles. The summed E-state index contributed by atoms with van der Waals surface area (Å²) >= 11 is 0. The van der Waals surface area contributed by atoms with Crippen molar-refractivity contribution in [3.63, 3.8) is 0 Å². The summed E-state index contributed by atoms with van der Waals surface area (Å²) in [5, 5.41) is 2.87. The van der Waals surface area contributed by atoms with Gasteiger partial charge in [-0.3, -0.25) is 9.59 Å². The number of hydrogen-bond donors (Lipinski definition) is 2. The Bertz CT molecular complexity index is 1670. The number of nitrogens with zero attached hydrogens (tertiary/aromatic N) is 3. The number of imidazole rings is 1. The maximum Gasteiger partial charge on any atom is 0.586 e. The van der Waals surface area contributed by atoms with Crippen molar-refractivity contribution in [3.8, 4) is 22.6 Å². The number of nitrogens with one attached hydrogen (secondary N) is 1. The zero-order chi connectivity index (χ0) is 30.8. The third kappa shape index (κ3) is 6.52. The van der Waals surface area contributed by atoms with E-state index in [0.29, 0.717) is 32.6 Å². The van der Waals surface area contributed by atoms with E-state index in [2.05, 4.69) is 19.4 Å². The minimum Gasteiger partial charge on any atom is -0.395 e. The fourth-order valence-electron chi connectivity index (χ4n) is 6.09. The first-order chi connectivity index (χ1) is 21.1. The SMILES string of the molecule is CC(=O)NCCn1c(C2CCCN(C(=O)CC(N)Cc3ccc(-c4ccc5c(c4)OC(F)(F)O5)cc3)C2)nc2ccccc21. The Labute approximate surface area is 253 Å². The minimum absolute atomic E-state index is 0.000646. The molecule has 0 radical (unpaired) electrons. The molecule has 230 valence electrons. The summed E-state index contributed by atoms with van der Waals surface area (Å²) in [6, 6.07) is 20.0. The van der Waals surface area contributed by atoms with Gasteiger partial charge in [0.15, 0.2) is 11.5 Å². The Balaban J connectivity index is 1.07. The van der Waals surface area contributed by atoms with Gasteiger partial charge < -0.3 is 30.0 Å². The highest BCUT2D eigenvalue weighted by Crippen LogP contribution is 2.43. The second-order valence-electron chi connectivity index (χ2n) is 11.5. The maximum absolute atomic E-state index is 13.4. The van der Waals surface area contributed by atoms with Crippen molar-refractivity contribution in [3.05, 3.63) is 78.1 Å². The van der Waals surface area contributed by atoms with Crippen LogP contribution in [0.1, 0.15) is 43.5 Å². The molecule has 3 heterocycles. The van der Waals surface area contributed by atoms with E-state index in [-0.39, 0.29) is 41.7 Å². The molecule has 1 saturated heterocycles. The lowest BCUT2D eigenvalue weighted by Gasteiger charge is -2.33. The van der Waals surface area contributed by atoms with E-state index in [1.165, 1.54) is 19.1 Å². The Morgan fingerprint density at radius 2 is 1.82 bits per heavy atom. The van der Waals surface area contributed by atoms with E-state index in [1.807, 2.05) is 53.4 Å². The van der Waals surface area contributed by atoms with Crippen LogP contribution in [0.25, 0.3) is 22.2 Å². The van der Waals surface area contributed by atoms with Gasteiger partial charge in [-0.15, -0.1) is 8.78 Å². The summed E-state index contributed by atoms with van der Waals surface area (Å²) in [5.41, 5.74) is 10.9. The summed E-state index contributed by atoms with van der Waals surface area (Å²) in [6.07, 6.45) is -1.10. The molecule has 1 fully saturated rings. The van der Waals surface area contributed by atoms with Gasteiger partial charge in [0.25, 0.3) is 0 Å². The van der Waals surface area contributed by atoms with Crippen LogP contribution in [-0.2, 0) is 22.6 Å². The first kappa shape index (κ1) is 29.6. The molecule has 3 N–H and O–H groups in total. The molecule has 2 atom stereocenters. The van der Waals surface area contributed by atoms with E-state index in [1.54, 1.807) is 6.07 Å². The maximum atomic E-state index is 13.4. The number of para-hydroxylation sites is 2. The molecule has 3 aromatic carbocycles. The number of ether oxygens (including phenoxy) is 2. The number of halogens is 2. The third-order valence-electron chi connectivity index (χ3n) is 8.16. The van der Waals surface area contributed by atoms with Gasteiger partial charge in [0.05, 0.1) is 11.0 Å². The van der Waals surface area contributed by atoms with Crippen molar-refractivity contribution in [2.45, 2.75) is 57.4 Å². The first-order valence-corrected chi connectivity index (χ1v) is 14.9. The molecule has 0 saturated carbocycles. The molecule has 2 aliphatic heterocycles. The Morgan fingerprint density at radius 1 is 1.07 bits per heavy atom. The van der Waals surface area contributed by atoms with Gasteiger partial charge in [-0.25, -0.2) is 4.98 Å². The van der Waals surface area contributed by atoms with Crippen LogP contribution < -0.4 is 20.5 Å². The number of likely N-dealkylation sites (tertiary alicyclic amines) is 1. The monoisotopic (exact) mass is 603 g/mol. The number of carbonyl (C=O) groups is 2. The molecule has 4 aromatic rings. The average Bonchev–Trinajstić information content (AvgIpc) is 3.52. The number of rotatable bonds is 9. The highest BCUT2D eigenvalue weighted by molar-refractivity contribution is 5.78. The molecular formula is C33H35F2N5O4. The standard InChI is InChI=1S/C33H35F2N5O4/c1-21(41)37-14-16-40-28-7-3-2-6-27(28)38-32(40)25-5-4-15-39(20-25)31(42)19-26(36)17-22-8-10-23(11-9-22)24-12-13-29-30(18-24)44-33(34,35)43-29/h2-3,6-13,18,25-26H,4-5,14-17,19-20,36H2,1H3,(H,37,41). The molecular weight excluding hydrogens is 568 g/mol. The lowest BCUT2D eigenvalue weighted by Crippen LogP contribution is -2.42. The number of amides is 2. The van der Waals surface area contributed by atoms with Gasteiger partial charge in [-0.05, 0) is 60.2 Å². The molecule has 2 amide bonds. The van der Waals surface area contributed by atoms with Gasteiger partial charge in [-0.1, -0.05) is 42.5 Å². The van der Waals surface area contributed by atoms with E-state index in [0.717, 1.165) is 46.4 Å². The van der Waals surface area contributed by atoms with Gasteiger partial charge in [0, 0.05) is 51.5 Å². The summed E-state index contributed by atoms with van der Waals surface area (Å²) in [7, 11) is 0. The lowest BCUT2D eigenvalue weighted by molar-refractivity contribution is -0.286. The molecule has 0 bridgehead atoms. The van der Waals surface area contributed by atoms with Crippen LogP contribution in [0.2, 0.25) is 0 Å². The van der Waals surface area contributed by atoms with Crippen molar-refractivity contribution in [2.75, 3.05) is 19.6 Å². The second kappa shape index (κ2) is 12.2. The Hall–Kier alpha value is -4.51. The van der Waals surface area contributed by atoms with Gasteiger partial charge in [0.2, 0.25) is 11.8 Å². The number of hydrogen-bond acceptors (Lipinski definition) is 6.